The molecule has 23 heavy (non-hydrogen) atoms. The molecule has 2 rings (SSSR count). The van der Waals surface area contributed by atoms with Crippen molar-refractivity contribution in [3.05, 3.63) is 30.6 Å². The lowest BCUT2D eigenvalue weighted by Crippen LogP contribution is -2.41. The molecular formula is C17H26N4O2. The first-order valence-corrected chi connectivity index (χ1v) is 8.21. The van der Waals surface area contributed by atoms with Crippen LogP contribution in [0.1, 0.15) is 26.7 Å². The van der Waals surface area contributed by atoms with Crippen LogP contribution in [0.3, 0.4) is 0 Å². The van der Waals surface area contributed by atoms with Gasteiger partial charge in [-0.25, -0.2) is 9.78 Å². The Morgan fingerprint density at radius 2 is 2.13 bits per heavy atom. The summed E-state index contributed by atoms with van der Waals surface area (Å²) in [4.78, 5) is 16.0. The highest BCUT2D eigenvalue weighted by atomic mass is 16.3. The van der Waals surface area contributed by atoms with E-state index in [4.69, 9.17) is 0 Å². The van der Waals surface area contributed by atoms with Crippen LogP contribution in [0.25, 0.3) is 11.0 Å². The smallest absolute Gasteiger partial charge is 0.314 e. The van der Waals surface area contributed by atoms with E-state index in [1.165, 1.54) is 0 Å². The molecule has 2 unspecified atom stereocenters. The van der Waals surface area contributed by atoms with Gasteiger partial charge in [0.15, 0.2) is 0 Å². The van der Waals surface area contributed by atoms with E-state index >= 15 is 0 Å². The summed E-state index contributed by atoms with van der Waals surface area (Å²) >= 11 is 0. The van der Waals surface area contributed by atoms with Crippen LogP contribution in [0, 0.1) is 5.92 Å². The molecule has 1 aromatic heterocycles. The van der Waals surface area contributed by atoms with Gasteiger partial charge in [-0.3, -0.25) is 0 Å². The summed E-state index contributed by atoms with van der Waals surface area (Å²) < 4.78 is 2.08. The maximum atomic E-state index is 11.7. The zero-order valence-corrected chi connectivity index (χ0v) is 13.8. The number of rotatable bonds is 8. The first-order chi connectivity index (χ1) is 11.1. The third-order valence-electron chi connectivity index (χ3n) is 4.16. The Bertz CT molecular complexity index is 626. The van der Waals surface area contributed by atoms with Gasteiger partial charge in [0, 0.05) is 19.6 Å². The quantitative estimate of drug-likeness (QED) is 0.652. The lowest BCUT2D eigenvalue weighted by molar-refractivity contribution is 0.114. The van der Waals surface area contributed by atoms with Crippen molar-refractivity contribution in [1.82, 2.24) is 20.2 Å². The summed E-state index contributed by atoms with van der Waals surface area (Å²) in [6.45, 7) is 5.66. The van der Waals surface area contributed by atoms with Gasteiger partial charge in [-0.1, -0.05) is 32.4 Å². The molecule has 1 heterocycles. The number of aryl methyl sites for hydroxylation is 1. The normalized spacial score (nSPS) is 13.7. The number of hydrogen-bond donors (Lipinski definition) is 3. The second-order valence-electron chi connectivity index (χ2n) is 5.87. The third-order valence-corrected chi connectivity index (χ3v) is 4.16. The van der Waals surface area contributed by atoms with Gasteiger partial charge in [-0.15, -0.1) is 0 Å². The number of amides is 2. The molecule has 0 saturated carbocycles. The number of benzene rings is 1. The maximum absolute atomic E-state index is 11.7. The summed E-state index contributed by atoms with van der Waals surface area (Å²) in [7, 11) is 0. The van der Waals surface area contributed by atoms with Crippen molar-refractivity contribution in [2.24, 2.45) is 5.92 Å². The molecule has 0 spiro atoms. The van der Waals surface area contributed by atoms with Gasteiger partial charge in [0.05, 0.1) is 23.5 Å². The van der Waals surface area contributed by atoms with Crippen molar-refractivity contribution >= 4 is 17.1 Å². The minimum atomic E-state index is -0.497. The molecule has 6 heteroatoms. The van der Waals surface area contributed by atoms with Gasteiger partial charge in [0.1, 0.15) is 0 Å². The highest BCUT2D eigenvalue weighted by molar-refractivity contribution is 5.75. The molecule has 0 fully saturated rings. The molecule has 0 radical (unpaired) electrons. The monoisotopic (exact) mass is 318 g/mol. The van der Waals surface area contributed by atoms with Crippen molar-refractivity contribution in [1.29, 1.82) is 0 Å². The third kappa shape index (κ3) is 4.96. The Labute approximate surface area is 136 Å². The number of para-hydroxylation sites is 2. The van der Waals surface area contributed by atoms with Gasteiger partial charge in [-0.2, -0.15) is 0 Å². The van der Waals surface area contributed by atoms with Gasteiger partial charge < -0.3 is 20.3 Å². The highest BCUT2D eigenvalue weighted by Gasteiger charge is 2.12. The number of hydrogen-bond acceptors (Lipinski definition) is 3. The fourth-order valence-electron chi connectivity index (χ4n) is 2.37. The SMILES string of the molecule is CCC(C)C(O)CNC(=O)NCCCn1cnc2ccccc21. The second-order valence-corrected chi connectivity index (χ2v) is 5.87. The van der Waals surface area contributed by atoms with Gasteiger partial charge in [-0.05, 0) is 24.5 Å². The fraction of sp³-hybridized carbons (Fsp3) is 0.529. The van der Waals surface area contributed by atoms with Crippen LogP contribution >= 0.6 is 0 Å². The number of imidazole rings is 1. The number of nitrogens with one attached hydrogen (secondary N) is 2. The van der Waals surface area contributed by atoms with Gasteiger partial charge in [0.2, 0.25) is 0 Å². The summed E-state index contributed by atoms with van der Waals surface area (Å²) in [5, 5.41) is 15.3. The van der Waals surface area contributed by atoms with Crippen molar-refractivity contribution in [3.8, 4) is 0 Å². The van der Waals surface area contributed by atoms with E-state index in [1.807, 2.05) is 44.4 Å². The Morgan fingerprint density at radius 3 is 2.91 bits per heavy atom. The molecule has 2 atom stereocenters. The number of fused-ring (bicyclic) bond motifs is 1. The number of urea groups is 1. The number of aliphatic hydroxyl groups is 1. The van der Waals surface area contributed by atoms with E-state index in [9.17, 15) is 9.90 Å². The Morgan fingerprint density at radius 1 is 1.35 bits per heavy atom. The van der Waals surface area contributed by atoms with Crippen LogP contribution in [0.2, 0.25) is 0 Å². The van der Waals surface area contributed by atoms with Gasteiger partial charge >= 0.3 is 6.03 Å². The first-order valence-electron chi connectivity index (χ1n) is 8.21. The van der Waals surface area contributed by atoms with Crippen LogP contribution in [-0.4, -0.2) is 39.9 Å². The van der Waals surface area contributed by atoms with Gasteiger partial charge in [0.25, 0.3) is 0 Å². The Hall–Kier alpha value is -2.08. The molecule has 3 N–H and O–H groups in total. The van der Waals surface area contributed by atoms with Crippen LogP contribution < -0.4 is 10.6 Å². The predicted molar refractivity (Wildman–Crippen MR) is 91.2 cm³/mol. The predicted octanol–water partition coefficient (Wildman–Crippen LogP) is 2.13. The van der Waals surface area contributed by atoms with Crippen molar-refractivity contribution in [2.75, 3.05) is 13.1 Å². The molecule has 0 aliphatic heterocycles. The minimum absolute atomic E-state index is 0.185. The van der Waals surface area contributed by atoms with E-state index in [0.717, 1.165) is 30.4 Å². The number of aliphatic hydroxyl groups excluding tert-OH is 1. The molecule has 126 valence electrons. The van der Waals surface area contributed by atoms with Crippen molar-refractivity contribution in [3.63, 3.8) is 0 Å². The molecular weight excluding hydrogens is 292 g/mol. The zero-order chi connectivity index (χ0) is 16.7. The van der Waals surface area contributed by atoms with Crippen LogP contribution in [-0.2, 0) is 6.54 Å². The summed E-state index contributed by atoms with van der Waals surface area (Å²) in [6.07, 6.45) is 3.04. The number of aromatic nitrogens is 2. The molecule has 1 aromatic carbocycles. The first kappa shape index (κ1) is 17.3. The fourth-order valence-corrected chi connectivity index (χ4v) is 2.37. The molecule has 0 aliphatic rings. The molecule has 6 nitrogen and oxygen atoms in total. The average molecular weight is 318 g/mol. The van der Waals surface area contributed by atoms with Crippen molar-refractivity contribution in [2.45, 2.75) is 39.3 Å². The molecule has 2 aromatic rings. The minimum Gasteiger partial charge on any atom is -0.391 e. The second kappa shape index (κ2) is 8.53. The summed E-state index contributed by atoms with van der Waals surface area (Å²) in [5.41, 5.74) is 2.09. The Balaban J connectivity index is 1.66. The zero-order valence-electron chi connectivity index (χ0n) is 13.8. The average Bonchev–Trinajstić information content (AvgIpc) is 2.99. The standard InChI is InChI=1S/C17H26N4O2/c1-3-13(2)16(22)11-19-17(23)18-9-6-10-21-12-20-14-7-4-5-8-15(14)21/h4-5,7-8,12-13,16,22H,3,6,9-11H2,1-2H3,(H2,18,19,23). The van der Waals surface area contributed by atoms with Crippen LogP contribution in [0.5, 0.6) is 0 Å². The largest absolute Gasteiger partial charge is 0.391 e. The van der Waals surface area contributed by atoms with Crippen LogP contribution in [0.4, 0.5) is 4.79 Å². The van der Waals surface area contributed by atoms with E-state index in [2.05, 4.69) is 20.2 Å². The van der Waals surface area contributed by atoms with E-state index in [1.54, 1.807) is 0 Å². The van der Waals surface area contributed by atoms with E-state index in [-0.39, 0.29) is 18.5 Å². The molecule has 0 bridgehead atoms. The van der Waals surface area contributed by atoms with Crippen molar-refractivity contribution < 1.29 is 9.90 Å². The number of nitrogens with zero attached hydrogens (tertiary/aromatic N) is 2. The lowest BCUT2D eigenvalue weighted by atomic mass is 10.0. The molecule has 0 saturated heterocycles. The highest BCUT2D eigenvalue weighted by Crippen LogP contribution is 2.11. The molecule has 0 aliphatic carbocycles. The summed E-state index contributed by atoms with van der Waals surface area (Å²) in [5.74, 6) is 0.185. The molecule has 2 amide bonds. The Kier molecular flexibility index (Phi) is 6.40. The topological polar surface area (TPSA) is 79.2 Å². The van der Waals surface area contributed by atoms with Crippen LogP contribution in [0.15, 0.2) is 30.6 Å². The number of carbonyl (C=O) groups is 1. The lowest BCUT2D eigenvalue weighted by Gasteiger charge is -2.17. The van der Waals surface area contributed by atoms with E-state index in [0.29, 0.717) is 6.54 Å². The van der Waals surface area contributed by atoms with E-state index < -0.39 is 6.10 Å². The maximum Gasteiger partial charge on any atom is 0.314 e. The number of carbonyl (C=O) groups excluding carboxylic acids is 1. The summed E-state index contributed by atoms with van der Waals surface area (Å²) in [6, 6.07) is 7.76.